The fourth-order valence-electron chi connectivity index (χ4n) is 12.5. The fraction of sp³-hybridized carbons (Fsp3) is 0.0625. The first-order valence-electron chi connectivity index (χ1n) is 23.6. The van der Waals surface area contributed by atoms with Gasteiger partial charge in [-0.1, -0.05) is 153 Å². The lowest BCUT2D eigenvalue weighted by molar-refractivity contribution is 0.359. The second kappa shape index (κ2) is 13.5. The van der Waals surface area contributed by atoms with Gasteiger partial charge in [0.1, 0.15) is 0 Å². The van der Waals surface area contributed by atoms with Crippen LogP contribution in [0.2, 0.25) is 0 Å². The zero-order valence-electron chi connectivity index (χ0n) is 37.5. The first-order chi connectivity index (χ1) is 33.5. The maximum absolute atomic E-state index is 7.12. The molecule has 1 spiro atoms. The summed E-state index contributed by atoms with van der Waals surface area (Å²) < 4.78 is 16.4. The first-order valence-corrected chi connectivity index (χ1v) is 23.6. The normalized spacial score (nSPS) is 14.5. The molecule has 1 aromatic heterocycles. The van der Waals surface area contributed by atoms with Crippen molar-refractivity contribution in [1.82, 2.24) is 4.57 Å². The van der Waals surface area contributed by atoms with Crippen LogP contribution < -0.4 is 14.4 Å². The Kier molecular flexibility index (Phi) is 7.46. The van der Waals surface area contributed by atoms with Crippen molar-refractivity contribution >= 4 is 38.9 Å². The smallest absolute Gasteiger partial charge is 0.172 e. The van der Waals surface area contributed by atoms with Crippen molar-refractivity contribution in [3.63, 3.8) is 0 Å². The minimum absolute atomic E-state index is 0.172. The third-order valence-corrected chi connectivity index (χ3v) is 15.4. The number of benzene rings is 10. The molecule has 0 saturated heterocycles. The number of aromatic nitrogens is 1. The van der Waals surface area contributed by atoms with Crippen molar-refractivity contribution in [2.75, 3.05) is 4.90 Å². The molecular weight excluding hydrogens is 829 g/mol. The summed E-state index contributed by atoms with van der Waals surface area (Å²) in [5.74, 6) is 2.78. The monoisotopic (exact) mass is 870 g/mol. The number of rotatable bonds is 4. The van der Waals surface area contributed by atoms with Crippen LogP contribution in [-0.4, -0.2) is 4.57 Å². The Labute approximate surface area is 394 Å². The summed E-state index contributed by atoms with van der Waals surface area (Å²) in [6, 6.07) is 79.7. The van der Waals surface area contributed by atoms with Gasteiger partial charge in [-0.2, -0.15) is 0 Å². The summed E-state index contributed by atoms with van der Waals surface area (Å²) in [5.41, 5.74) is 21.2. The number of fused-ring (bicyclic) bond motifs is 18. The lowest BCUT2D eigenvalue weighted by Crippen LogP contribution is -2.25. The average Bonchev–Trinajstić information content (AvgIpc) is 4.05. The molecule has 10 aromatic carbocycles. The highest BCUT2D eigenvalue weighted by atomic mass is 16.6. The lowest BCUT2D eigenvalue weighted by Gasteiger charge is -2.31. The third-order valence-electron chi connectivity index (χ3n) is 15.4. The molecule has 0 saturated carbocycles. The highest BCUT2D eigenvalue weighted by Crippen LogP contribution is 2.65. The molecule has 1 aliphatic heterocycles. The second-order valence-corrected chi connectivity index (χ2v) is 19.2. The van der Waals surface area contributed by atoms with Gasteiger partial charge >= 0.3 is 0 Å². The van der Waals surface area contributed by atoms with Crippen LogP contribution in [0, 0.1) is 0 Å². The zero-order chi connectivity index (χ0) is 44.9. The van der Waals surface area contributed by atoms with E-state index in [9.17, 15) is 0 Å². The molecule has 0 unspecified atom stereocenters. The maximum Gasteiger partial charge on any atom is 0.172 e. The Morgan fingerprint density at radius 1 is 0.338 bits per heavy atom. The van der Waals surface area contributed by atoms with Crippen LogP contribution in [-0.2, 0) is 10.8 Å². The Balaban J connectivity index is 0.903. The van der Waals surface area contributed by atoms with E-state index < -0.39 is 5.41 Å². The SMILES string of the molecule is CC1(C)c2ccccc2-c2ccc(N(c3ccc4c(c3)Oc3cc5c(cc3O4)-c3ccccc3C53c4ccccc4-c4ccccc43)c3ccc4c(c3)c3ccccc3n4-c3ccccc3)cc21. The quantitative estimate of drug-likeness (QED) is 0.176. The van der Waals surface area contributed by atoms with Crippen LogP contribution >= 0.6 is 0 Å². The summed E-state index contributed by atoms with van der Waals surface area (Å²) in [7, 11) is 0. The topological polar surface area (TPSA) is 26.6 Å². The Bertz CT molecular complexity index is 3930. The van der Waals surface area contributed by atoms with Gasteiger partial charge < -0.3 is 18.9 Å². The van der Waals surface area contributed by atoms with Gasteiger partial charge in [0.05, 0.1) is 22.1 Å². The van der Waals surface area contributed by atoms with Crippen molar-refractivity contribution in [2.24, 2.45) is 0 Å². The average molecular weight is 871 g/mol. The van der Waals surface area contributed by atoms with Crippen molar-refractivity contribution in [3.8, 4) is 62.1 Å². The molecule has 4 nitrogen and oxygen atoms in total. The zero-order valence-corrected chi connectivity index (χ0v) is 37.5. The van der Waals surface area contributed by atoms with Crippen molar-refractivity contribution < 1.29 is 9.47 Å². The molecule has 68 heavy (non-hydrogen) atoms. The van der Waals surface area contributed by atoms with Gasteiger partial charge in [0, 0.05) is 39.3 Å². The molecule has 2 heterocycles. The molecular formula is C64H42N2O2. The highest BCUT2D eigenvalue weighted by molar-refractivity contribution is 6.11. The molecule has 3 aliphatic carbocycles. The van der Waals surface area contributed by atoms with Gasteiger partial charge in [0.2, 0.25) is 0 Å². The number of anilines is 3. The molecule has 0 radical (unpaired) electrons. The van der Waals surface area contributed by atoms with Gasteiger partial charge in [-0.15, -0.1) is 0 Å². The molecule has 320 valence electrons. The fourth-order valence-corrected chi connectivity index (χ4v) is 12.5. The standard InChI is InChI=1S/C64H42N2O2/c1-63(2)51-23-11-6-18-43(51)47-31-28-41(35-55(47)63)65(40-29-32-58-50(34-40)48-22-10-15-27-57(48)66(58)39-16-4-3-5-17-39)42-30-33-59-60(36-42)68-62-38-56-49(37-61(62)67-59)46-21-9-14-26-54(46)64(56)52-24-12-7-19-44(52)45-20-8-13-25-53(45)64/h3-38H,1-2H3. The number of para-hydroxylation sites is 2. The number of ether oxygens (including phenoxy) is 2. The highest BCUT2D eigenvalue weighted by Gasteiger charge is 2.52. The molecule has 11 aromatic rings. The predicted molar refractivity (Wildman–Crippen MR) is 276 cm³/mol. The van der Waals surface area contributed by atoms with Gasteiger partial charge in [-0.3, -0.25) is 0 Å². The van der Waals surface area contributed by atoms with Crippen LogP contribution in [0.5, 0.6) is 23.0 Å². The van der Waals surface area contributed by atoms with Crippen LogP contribution in [0.1, 0.15) is 47.2 Å². The number of hydrogen-bond donors (Lipinski definition) is 0. The van der Waals surface area contributed by atoms with E-state index in [0.717, 1.165) is 28.3 Å². The summed E-state index contributed by atoms with van der Waals surface area (Å²) in [6.45, 7) is 4.69. The number of nitrogens with zero attached hydrogens (tertiary/aromatic N) is 2. The molecule has 4 aliphatic rings. The van der Waals surface area contributed by atoms with Crippen LogP contribution in [0.25, 0.3) is 60.9 Å². The number of hydrogen-bond acceptors (Lipinski definition) is 3. The molecule has 0 amide bonds. The first kappa shape index (κ1) is 37.6. The molecule has 4 heteroatoms. The van der Waals surface area contributed by atoms with E-state index >= 15 is 0 Å². The lowest BCUT2D eigenvalue weighted by atomic mass is 9.70. The van der Waals surface area contributed by atoms with E-state index in [0.29, 0.717) is 23.0 Å². The summed E-state index contributed by atoms with van der Waals surface area (Å²) in [4.78, 5) is 2.38. The second-order valence-electron chi connectivity index (χ2n) is 19.2. The Morgan fingerprint density at radius 2 is 0.838 bits per heavy atom. The summed E-state index contributed by atoms with van der Waals surface area (Å²) in [5, 5.41) is 2.39. The van der Waals surface area contributed by atoms with Crippen molar-refractivity contribution in [1.29, 1.82) is 0 Å². The van der Waals surface area contributed by atoms with Crippen LogP contribution in [0.3, 0.4) is 0 Å². The van der Waals surface area contributed by atoms with E-state index in [-0.39, 0.29) is 5.41 Å². The predicted octanol–water partition coefficient (Wildman–Crippen LogP) is 16.8. The van der Waals surface area contributed by atoms with E-state index in [1.54, 1.807) is 0 Å². The summed E-state index contributed by atoms with van der Waals surface area (Å²) >= 11 is 0. The van der Waals surface area contributed by atoms with E-state index in [4.69, 9.17) is 9.47 Å². The van der Waals surface area contributed by atoms with Gasteiger partial charge in [0.15, 0.2) is 23.0 Å². The Morgan fingerprint density at radius 3 is 1.57 bits per heavy atom. The van der Waals surface area contributed by atoms with E-state index in [1.165, 1.54) is 83.1 Å². The van der Waals surface area contributed by atoms with Gasteiger partial charge in [-0.05, 0) is 140 Å². The van der Waals surface area contributed by atoms with Crippen molar-refractivity contribution in [2.45, 2.75) is 24.7 Å². The van der Waals surface area contributed by atoms with E-state index in [1.807, 2.05) is 0 Å². The largest absolute Gasteiger partial charge is 0.449 e. The third kappa shape index (κ3) is 4.88. The molecule has 15 rings (SSSR count). The summed E-state index contributed by atoms with van der Waals surface area (Å²) in [6.07, 6.45) is 0. The maximum atomic E-state index is 7.12. The molecule has 0 N–H and O–H groups in total. The molecule has 0 fully saturated rings. The van der Waals surface area contributed by atoms with E-state index in [2.05, 4.69) is 242 Å². The minimum Gasteiger partial charge on any atom is -0.449 e. The van der Waals surface area contributed by atoms with Crippen LogP contribution in [0.4, 0.5) is 17.1 Å². The Hall–Kier alpha value is -8.60. The van der Waals surface area contributed by atoms with Gasteiger partial charge in [0.25, 0.3) is 0 Å². The molecule has 0 atom stereocenters. The minimum atomic E-state index is -0.486. The van der Waals surface area contributed by atoms with Crippen LogP contribution in [0.15, 0.2) is 218 Å². The van der Waals surface area contributed by atoms with Gasteiger partial charge in [-0.25, -0.2) is 0 Å². The molecule has 0 bridgehead atoms. The van der Waals surface area contributed by atoms with Crippen molar-refractivity contribution in [3.05, 3.63) is 252 Å².